The van der Waals surface area contributed by atoms with Crippen molar-refractivity contribution in [3.8, 4) is 0 Å². The minimum atomic E-state index is -0.0272. The molecule has 74 valence electrons. The number of fused-ring (bicyclic) bond motifs is 1. The molecule has 0 radical (unpaired) electrons. The van der Waals surface area contributed by atoms with E-state index in [2.05, 4.69) is 20.8 Å². The van der Waals surface area contributed by atoms with Gasteiger partial charge in [0.2, 0.25) is 0 Å². The lowest BCUT2D eigenvalue weighted by atomic mass is 9.79. The van der Waals surface area contributed by atoms with Crippen LogP contribution in [0.25, 0.3) is 0 Å². The Morgan fingerprint density at radius 1 is 1.23 bits per heavy atom. The third-order valence-corrected chi connectivity index (χ3v) is 3.83. The molecule has 3 heteroatoms. The standard InChI is InChI=1S/C10H19BO2/c1-8(2)10-7-5-6-9(10,3)12-11(4)13-10/h8H,5-7H2,1-4H3/t9-,10-/m0/s1. The topological polar surface area (TPSA) is 18.5 Å². The number of hydrogen-bond acceptors (Lipinski definition) is 2. The summed E-state index contributed by atoms with van der Waals surface area (Å²) < 4.78 is 11.9. The van der Waals surface area contributed by atoms with Gasteiger partial charge < -0.3 is 9.31 Å². The Kier molecular flexibility index (Phi) is 2.01. The van der Waals surface area contributed by atoms with Crippen LogP contribution in [-0.2, 0) is 9.31 Å². The number of rotatable bonds is 1. The maximum Gasteiger partial charge on any atom is 0.454 e. The highest BCUT2D eigenvalue weighted by molar-refractivity contribution is 6.43. The highest BCUT2D eigenvalue weighted by atomic mass is 16.7. The molecular formula is C10H19BO2. The molecule has 13 heavy (non-hydrogen) atoms. The van der Waals surface area contributed by atoms with Crippen molar-refractivity contribution >= 4 is 7.12 Å². The summed E-state index contributed by atoms with van der Waals surface area (Å²) in [6.45, 7) is 8.70. The van der Waals surface area contributed by atoms with Gasteiger partial charge in [0.25, 0.3) is 0 Å². The third-order valence-electron chi connectivity index (χ3n) is 3.83. The van der Waals surface area contributed by atoms with Crippen LogP contribution in [0.1, 0.15) is 40.0 Å². The second-order valence-electron chi connectivity index (χ2n) is 4.93. The van der Waals surface area contributed by atoms with Crippen molar-refractivity contribution < 1.29 is 9.31 Å². The molecule has 2 aliphatic rings. The minimum Gasteiger partial charge on any atom is -0.403 e. The van der Waals surface area contributed by atoms with E-state index in [0.29, 0.717) is 5.92 Å². The average molecular weight is 182 g/mol. The van der Waals surface area contributed by atoms with E-state index in [1.165, 1.54) is 6.42 Å². The van der Waals surface area contributed by atoms with E-state index in [9.17, 15) is 0 Å². The first-order valence-corrected chi connectivity index (χ1v) is 5.36. The fraction of sp³-hybridized carbons (Fsp3) is 1.00. The molecule has 0 spiro atoms. The molecule has 0 aromatic carbocycles. The van der Waals surface area contributed by atoms with Gasteiger partial charge in [-0.05, 0) is 38.9 Å². The van der Waals surface area contributed by atoms with Crippen LogP contribution >= 0.6 is 0 Å². The van der Waals surface area contributed by atoms with Crippen molar-refractivity contribution in [2.24, 2.45) is 5.92 Å². The zero-order valence-corrected chi connectivity index (χ0v) is 9.09. The molecule has 2 atom stereocenters. The van der Waals surface area contributed by atoms with Gasteiger partial charge >= 0.3 is 7.12 Å². The van der Waals surface area contributed by atoms with Gasteiger partial charge in [-0.25, -0.2) is 0 Å². The van der Waals surface area contributed by atoms with Crippen molar-refractivity contribution in [3.05, 3.63) is 0 Å². The molecule has 0 N–H and O–H groups in total. The summed E-state index contributed by atoms with van der Waals surface area (Å²) in [6.07, 6.45) is 3.54. The highest BCUT2D eigenvalue weighted by Crippen LogP contribution is 2.53. The molecule has 1 saturated carbocycles. The van der Waals surface area contributed by atoms with Gasteiger partial charge in [-0.1, -0.05) is 13.8 Å². The Labute approximate surface area is 81.1 Å². The second-order valence-corrected chi connectivity index (χ2v) is 4.93. The van der Waals surface area contributed by atoms with Gasteiger partial charge in [-0.2, -0.15) is 0 Å². The maximum atomic E-state index is 6.02. The van der Waals surface area contributed by atoms with Gasteiger partial charge in [0.15, 0.2) is 0 Å². The molecule has 2 fully saturated rings. The Hall–Kier alpha value is -0.0151. The van der Waals surface area contributed by atoms with Crippen LogP contribution < -0.4 is 0 Å². The van der Waals surface area contributed by atoms with Gasteiger partial charge in [-0.3, -0.25) is 0 Å². The van der Waals surface area contributed by atoms with Crippen LogP contribution in [0.5, 0.6) is 0 Å². The fourth-order valence-electron chi connectivity index (χ4n) is 3.23. The van der Waals surface area contributed by atoms with E-state index < -0.39 is 0 Å². The molecule has 0 amide bonds. The molecule has 0 aromatic heterocycles. The zero-order valence-electron chi connectivity index (χ0n) is 9.09. The summed E-state index contributed by atoms with van der Waals surface area (Å²) in [5.74, 6) is 0.546. The fourth-order valence-corrected chi connectivity index (χ4v) is 3.23. The van der Waals surface area contributed by atoms with Gasteiger partial charge in [0.1, 0.15) is 0 Å². The van der Waals surface area contributed by atoms with Crippen LogP contribution in [0.4, 0.5) is 0 Å². The highest BCUT2D eigenvalue weighted by Gasteiger charge is 2.61. The van der Waals surface area contributed by atoms with Crippen molar-refractivity contribution in [1.82, 2.24) is 0 Å². The van der Waals surface area contributed by atoms with E-state index in [0.717, 1.165) is 12.8 Å². The quantitative estimate of drug-likeness (QED) is 0.580. The lowest BCUT2D eigenvalue weighted by Gasteiger charge is -2.39. The summed E-state index contributed by atoms with van der Waals surface area (Å²) >= 11 is 0. The van der Waals surface area contributed by atoms with Crippen LogP contribution in [0.3, 0.4) is 0 Å². The predicted octanol–water partition coefficient (Wildman–Crippen LogP) is 2.49. The van der Waals surface area contributed by atoms with Crippen molar-refractivity contribution in [1.29, 1.82) is 0 Å². The van der Waals surface area contributed by atoms with Crippen molar-refractivity contribution in [2.75, 3.05) is 0 Å². The molecule has 0 bridgehead atoms. The smallest absolute Gasteiger partial charge is 0.403 e. The van der Waals surface area contributed by atoms with E-state index in [1.54, 1.807) is 0 Å². The Morgan fingerprint density at radius 3 is 2.46 bits per heavy atom. The molecule has 2 rings (SSSR count). The maximum absolute atomic E-state index is 6.02. The van der Waals surface area contributed by atoms with Crippen LogP contribution in [0, 0.1) is 5.92 Å². The molecule has 1 heterocycles. The van der Waals surface area contributed by atoms with Gasteiger partial charge in [-0.15, -0.1) is 0 Å². The summed E-state index contributed by atoms with van der Waals surface area (Å²) in [6, 6.07) is 0. The molecule has 1 aliphatic carbocycles. The van der Waals surface area contributed by atoms with Crippen LogP contribution in [0.15, 0.2) is 0 Å². The second kappa shape index (κ2) is 2.74. The third kappa shape index (κ3) is 1.10. The monoisotopic (exact) mass is 182 g/mol. The zero-order chi connectivity index (χ0) is 9.69. The average Bonchev–Trinajstić information content (AvgIpc) is 2.38. The van der Waals surface area contributed by atoms with Gasteiger partial charge in [0.05, 0.1) is 11.2 Å². The molecule has 2 nitrogen and oxygen atoms in total. The molecule has 1 aliphatic heterocycles. The first kappa shape index (κ1) is 9.54. The minimum absolute atomic E-state index is 0.00752. The Morgan fingerprint density at radius 2 is 1.92 bits per heavy atom. The van der Waals surface area contributed by atoms with Gasteiger partial charge in [0, 0.05) is 0 Å². The molecule has 1 saturated heterocycles. The lowest BCUT2D eigenvalue weighted by Crippen LogP contribution is -2.48. The SMILES string of the molecule is CB1O[C@]2(C(C)C)CCC[C@]2(C)O1. The first-order valence-electron chi connectivity index (χ1n) is 5.36. The summed E-state index contributed by atoms with van der Waals surface area (Å²) in [4.78, 5) is 0. The molecule has 0 unspecified atom stereocenters. The van der Waals surface area contributed by atoms with E-state index in [4.69, 9.17) is 9.31 Å². The number of hydrogen-bond donors (Lipinski definition) is 0. The normalized spacial score (nSPS) is 44.5. The summed E-state index contributed by atoms with van der Waals surface area (Å²) in [5, 5.41) is 0. The first-order chi connectivity index (χ1) is 6.00. The predicted molar refractivity (Wildman–Crippen MR) is 53.6 cm³/mol. The van der Waals surface area contributed by atoms with Crippen molar-refractivity contribution in [2.45, 2.75) is 58.1 Å². The van der Waals surface area contributed by atoms with Crippen LogP contribution in [-0.4, -0.2) is 18.3 Å². The molecular weight excluding hydrogens is 163 g/mol. The van der Waals surface area contributed by atoms with Crippen LogP contribution in [0.2, 0.25) is 6.82 Å². The summed E-state index contributed by atoms with van der Waals surface area (Å²) in [7, 11) is -0.0206. The van der Waals surface area contributed by atoms with E-state index >= 15 is 0 Å². The van der Waals surface area contributed by atoms with E-state index in [-0.39, 0.29) is 18.3 Å². The summed E-state index contributed by atoms with van der Waals surface area (Å²) in [5.41, 5.74) is -0.0347. The largest absolute Gasteiger partial charge is 0.454 e. The van der Waals surface area contributed by atoms with Crippen molar-refractivity contribution in [3.63, 3.8) is 0 Å². The van der Waals surface area contributed by atoms with E-state index in [1.807, 2.05) is 6.82 Å². The lowest BCUT2D eigenvalue weighted by molar-refractivity contribution is -0.0438. The Balaban J connectivity index is 2.33. The molecule has 0 aromatic rings. The Bertz CT molecular complexity index is 219.